The van der Waals surface area contributed by atoms with E-state index in [0.29, 0.717) is 5.25 Å². The average molecular weight is 249 g/mol. The Hall–Kier alpha value is -0.470. The molecule has 0 aromatic heterocycles. The lowest BCUT2D eigenvalue weighted by atomic mass is 9.92. The quantitative estimate of drug-likeness (QED) is 0.816. The van der Waals surface area contributed by atoms with Crippen LogP contribution in [-0.4, -0.2) is 18.3 Å². The minimum Gasteiger partial charge on any atom is -0.316 e. The van der Waals surface area contributed by atoms with E-state index in [1.165, 1.54) is 42.8 Å². The van der Waals surface area contributed by atoms with Crippen molar-refractivity contribution in [1.29, 1.82) is 0 Å². The van der Waals surface area contributed by atoms with Crippen LogP contribution in [-0.2, 0) is 6.42 Å². The van der Waals surface area contributed by atoms with Gasteiger partial charge in [-0.25, -0.2) is 0 Å². The molecule has 2 heteroatoms. The maximum Gasteiger partial charge on any atom is 0.00747 e. The molecule has 2 rings (SSSR count). The highest BCUT2D eigenvalue weighted by Crippen LogP contribution is 2.24. The van der Waals surface area contributed by atoms with E-state index in [9.17, 15) is 0 Å². The standard InChI is InChI=1S/C15H23NS/c1-12(2)17-15-7-5-13(6-8-15)10-14-4-3-9-16-11-14/h5-8,12,14,16H,3-4,9-11H2,1-2H3. The van der Waals surface area contributed by atoms with Crippen molar-refractivity contribution in [2.75, 3.05) is 13.1 Å². The molecule has 1 heterocycles. The van der Waals surface area contributed by atoms with Crippen molar-refractivity contribution in [3.63, 3.8) is 0 Å². The van der Waals surface area contributed by atoms with Gasteiger partial charge in [0.05, 0.1) is 0 Å². The molecule has 1 unspecified atom stereocenters. The maximum atomic E-state index is 3.49. The average Bonchev–Trinajstić information content (AvgIpc) is 2.32. The van der Waals surface area contributed by atoms with Gasteiger partial charge in [0.25, 0.3) is 0 Å². The summed E-state index contributed by atoms with van der Waals surface area (Å²) in [6.45, 7) is 6.89. The largest absolute Gasteiger partial charge is 0.316 e. The molecule has 1 nitrogen and oxygen atoms in total. The van der Waals surface area contributed by atoms with E-state index in [-0.39, 0.29) is 0 Å². The number of hydrogen-bond acceptors (Lipinski definition) is 2. The highest BCUT2D eigenvalue weighted by Gasteiger charge is 2.13. The van der Waals surface area contributed by atoms with E-state index in [0.717, 1.165) is 5.92 Å². The van der Waals surface area contributed by atoms with Crippen molar-refractivity contribution in [2.45, 2.75) is 43.3 Å². The van der Waals surface area contributed by atoms with Crippen LogP contribution >= 0.6 is 11.8 Å². The van der Waals surface area contributed by atoms with Crippen LogP contribution < -0.4 is 5.32 Å². The molecule has 1 N–H and O–H groups in total. The van der Waals surface area contributed by atoms with Crippen LogP contribution in [0.3, 0.4) is 0 Å². The molecule has 0 saturated carbocycles. The molecule has 0 amide bonds. The van der Waals surface area contributed by atoms with Crippen LogP contribution in [0.2, 0.25) is 0 Å². The molecule has 1 saturated heterocycles. The van der Waals surface area contributed by atoms with Crippen LogP contribution in [0.15, 0.2) is 29.2 Å². The van der Waals surface area contributed by atoms with Crippen LogP contribution in [0.25, 0.3) is 0 Å². The molecule has 1 aliphatic heterocycles. The summed E-state index contributed by atoms with van der Waals surface area (Å²) in [5, 5.41) is 4.16. The van der Waals surface area contributed by atoms with Crippen molar-refractivity contribution in [3.8, 4) is 0 Å². The van der Waals surface area contributed by atoms with E-state index in [4.69, 9.17) is 0 Å². The normalized spacial score (nSPS) is 20.8. The molecule has 0 spiro atoms. The Morgan fingerprint density at radius 3 is 2.65 bits per heavy atom. The van der Waals surface area contributed by atoms with E-state index in [2.05, 4.69) is 43.4 Å². The Bertz CT molecular complexity index is 325. The summed E-state index contributed by atoms with van der Waals surface area (Å²) in [5.41, 5.74) is 1.49. The third-order valence-corrected chi connectivity index (χ3v) is 4.23. The Morgan fingerprint density at radius 2 is 2.06 bits per heavy atom. The highest BCUT2D eigenvalue weighted by atomic mass is 32.2. The summed E-state index contributed by atoms with van der Waals surface area (Å²) >= 11 is 1.94. The first-order valence-corrected chi connectivity index (χ1v) is 7.58. The summed E-state index contributed by atoms with van der Waals surface area (Å²) in [5.74, 6) is 0.840. The van der Waals surface area contributed by atoms with E-state index < -0.39 is 0 Å². The fourth-order valence-electron chi connectivity index (χ4n) is 2.41. The number of rotatable bonds is 4. The Morgan fingerprint density at radius 1 is 1.29 bits per heavy atom. The first-order chi connectivity index (χ1) is 8.24. The second-order valence-electron chi connectivity index (χ2n) is 5.23. The zero-order chi connectivity index (χ0) is 12.1. The lowest BCUT2D eigenvalue weighted by Crippen LogP contribution is -2.30. The van der Waals surface area contributed by atoms with Gasteiger partial charge in [0, 0.05) is 10.1 Å². The zero-order valence-electron chi connectivity index (χ0n) is 10.9. The second kappa shape index (κ2) is 6.46. The molecule has 1 atom stereocenters. The molecule has 1 aromatic carbocycles. The minimum absolute atomic E-state index is 0.670. The topological polar surface area (TPSA) is 12.0 Å². The van der Waals surface area contributed by atoms with Crippen molar-refractivity contribution in [3.05, 3.63) is 29.8 Å². The van der Waals surface area contributed by atoms with Crippen LogP contribution in [0.1, 0.15) is 32.3 Å². The summed E-state index contributed by atoms with van der Waals surface area (Å²) in [6.07, 6.45) is 3.96. The molecular weight excluding hydrogens is 226 g/mol. The number of nitrogens with one attached hydrogen (secondary N) is 1. The Balaban J connectivity index is 1.88. The molecule has 94 valence electrons. The number of benzene rings is 1. The van der Waals surface area contributed by atoms with Gasteiger partial charge >= 0.3 is 0 Å². The Kier molecular flexibility index (Phi) is 4.93. The van der Waals surface area contributed by atoms with Gasteiger partial charge in [0.2, 0.25) is 0 Å². The third-order valence-electron chi connectivity index (χ3n) is 3.22. The van der Waals surface area contributed by atoms with Crippen molar-refractivity contribution in [2.24, 2.45) is 5.92 Å². The number of hydrogen-bond donors (Lipinski definition) is 1. The van der Waals surface area contributed by atoms with Crippen molar-refractivity contribution in [1.82, 2.24) is 5.32 Å². The molecule has 0 radical (unpaired) electrons. The SMILES string of the molecule is CC(C)Sc1ccc(CC2CCCNC2)cc1. The number of piperidine rings is 1. The molecule has 1 aromatic rings. The van der Waals surface area contributed by atoms with E-state index >= 15 is 0 Å². The predicted molar refractivity (Wildman–Crippen MR) is 76.7 cm³/mol. The smallest absolute Gasteiger partial charge is 0.00747 e. The van der Waals surface area contributed by atoms with Gasteiger partial charge in [-0.1, -0.05) is 26.0 Å². The fourth-order valence-corrected chi connectivity index (χ4v) is 3.25. The van der Waals surface area contributed by atoms with Gasteiger partial charge in [-0.15, -0.1) is 11.8 Å². The fraction of sp³-hybridized carbons (Fsp3) is 0.600. The zero-order valence-corrected chi connectivity index (χ0v) is 11.7. The van der Waals surface area contributed by atoms with Crippen molar-refractivity contribution < 1.29 is 0 Å². The Labute approximate surface area is 109 Å². The lowest BCUT2D eigenvalue weighted by Gasteiger charge is -2.22. The van der Waals surface area contributed by atoms with Gasteiger partial charge in [0.15, 0.2) is 0 Å². The van der Waals surface area contributed by atoms with E-state index in [1.54, 1.807) is 0 Å². The van der Waals surface area contributed by atoms with Gasteiger partial charge in [0.1, 0.15) is 0 Å². The van der Waals surface area contributed by atoms with Crippen LogP contribution in [0.4, 0.5) is 0 Å². The highest BCUT2D eigenvalue weighted by molar-refractivity contribution is 7.99. The molecule has 1 aliphatic rings. The first kappa shape index (κ1) is 13.0. The number of thioether (sulfide) groups is 1. The second-order valence-corrected chi connectivity index (χ2v) is 6.88. The molecule has 1 fully saturated rings. The van der Waals surface area contributed by atoms with Gasteiger partial charge in [-0.3, -0.25) is 0 Å². The van der Waals surface area contributed by atoms with Crippen LogP contribution in [0.5, 0.6) is 0 Å². The van der Waals surface area contributed by atoms with Gasteiger partial charge in [-0.05, 0) is 56.0 Å². The predicted octanol–water partition coefficient (Wildman–Crippen LogP) is 3.73. The van der Waals surface area contributed by atoms with Gasteiger partial charge < -0.3 is 5.32 Å². The minimum atomic E-state index is 0.670. The molecule has 0 aliphatic carbocycles. The molecule has 0 bridgehead atoms. The van der Waals surface area contributed by atoms with Crippen LogP contribution in [0, 0.1) is 5.92 Å². The summed E-state index contributed by atoms with van der Waals surface area (Å²) in [7, 11) is 0. The maximum absolute atomic E-state index is 3.49. The molecular formula is C15H23NS. The van der Waals surface area contributed by atoms with Gasteiger partial charge in [-0.2, -0.15) is 0 Å². The van der Waals surface area contributed by atoms with E-state index in [1.807, 2.05) is 11.8 Å². The summed E-state index contributed by atoms with van der Waals surface area (Å²) in [6, 6.07) is 9.16. The monoisotopic (exact) mass is 249 g/mol. The molecule has 17 heavy (non-hydrogen) atoms. The lowest BCUT2D eigenvalue weighted by molar-refractivity contribution is 0.376. The summed E-state index contributed by atoms with van der Waals surface area (Å²) in [4.78, 5) is 1.39. The van der Waals surface area contributed by atoms with Crippen molar-refractivity contribution >= 4 is 11.8 Å². The third kappa shape index (κ3) is 4.36. The summed E-state index contributed by atoms with van der Waals surface area (Å²) < 4.78 is 0. The first-order valence-electron chi connectivity index (χ1n) is 6.70.